The molecule has 0 aliphatic carbocycles. The van der Waals surface area contributed by atoms with Gasteiger partial charge in [0.2, 0.25) is 0 Å². The molecule has 0 bridgehead atoms. The van der Waals surface area contributed by atoms with Crippen LogP contribution in [0.5, 0.6) is 11.5 Å². The molecule has 30 heavy (non-hydrogen) atoms. The highest BCUT2D eigenvalue weighted by Crippen LogP contribution is 2.30. The van der Waals surface area contributed by atoms with Gasteiger partial charge in [0.05, 0.1) is 24.3 Å². The number of hydrogen-bond donors (Lipinski definition) is 0. The van der Waals surface area contributed by atoms with Gasteiger partial charge < -0.3 is 19.3 Å². The molecule has 0 unspecified atom stereocenters. The number of aromatic nitrogens is 1. The van der Waals surface area contributed by atoms with Crippen molar-refractivity contribution in [3.63, 3.8) is 0 Å². The van der Waals surface area contributed by atoms with Crippen LogP contribution >= 0.6 is 0 Å². The molecule has 7 nitrogen and oxygen atoms in total. The van der Waals surface area contributed by atoms with Gasteiger partial charge in [0.25, 0.3) is 5.91 Å². The van der Waals surface area contributed by atoms with E-state index in [2.05, 4.69) is 4.98 Å². The van der Waals surface area contributed by atoms with Crippen molar-refractivity contribution in [1.82, 2.24) is 9.88 Å². The van der Waals surface area contributed by atoms with Crippen LogP contribution in [0.2, 0.25) is 0 Å². The fourth-order valence-electron chi connectivity index (χ4n) is 3.01. The lowest BCUT2D eigenvalue weighted by atomic mass is 10.2. The van der Waals surface area contributed by atoms with Gasteiger partial charge in [-0.1, -0.05) is 0 Å². The maximum absolute atomic E-state index is 12.7. The first-order valence-electron chi connectivity index (χ1n) is 9.08. The zero-order valence-electron chi connectivity index (χ0n) is 16.1. The summed E-state index contributed by atoms with van der Waals surface area (Å²) in [4.78, 5) is 19.8. The Labute approximate surface area is 171 Å². The number of pyridine rings is 1. The van der Waals surface area contributed by atoms with Crippen LogP contribution in [-0.2, 0) is 11.0 Å². The van der Waals surface area contributed by atoms with E-state index in [9.17, 15) is 18.0 Å². The van der Waals surface area contributed by atoms with Crippen molar-refractivity contribution in [3.8, 4) is 17.6 Å². The van der Waals surface area contributed by atoms with Crippen LogP contribution in [0.1, 0.15) is 11.1 Å². The molecule has 1 amide bonds. The fraction of sp³-hybridized carbons (Fsp3) is 0.350. The summed E-state index contributed by atoms with van der Waals surface area (Å²) in [6.45, 7) is 1.50. The molecule has 1 fully saturated rings. The number of rotatable bonds is 5. The first-order valence-corrected chi connectivity index (χ1v) is 9.08. The highest BCUT2D eigenvalue weighted by molar-refractivity contribution is 5.78. The van der Waals surface area contributed by atoms with E-state index in [1.165, 1.54) is 19.2 Å². The summed E-state index contributed by atoms with van der Waals surface area (Å²) < 4.78 is 48.7. The van der Waals surface area contributed by atoms with Crippen LogP contribution in [0.4, 0.5) is 19.0 Å². The van der Waals surface area contributed by atoms with Crippen LogP contribution in [0.25, 0.3) is 0 Å². The van der Waals surface area contributed by atoms with Gasteiger partial charge >= 0.3 is 6.18 Å². The van der Waals surface area contributed by atoms with Crippen molar-refractivity contribution in [2.45, 2.75) is 6.18 Å². The number of alkyl halides is 3. The monoisotopic (exact) mass is 420 g/mol. The maximum atomic E-state index is 12.7. The van der Waals surface area contributed by atoms with Gasteiger partial charge in [-0.2, -0.15) is 18.4 Å². The highest BCUT2D eigenvalue weighted by Gasteiger charge is 2.31. The molecule has 0 spiro atoms. The molecule has 1 saturated heterocycles. The summed E-state index contributed by atoms with van der Waals surface area (Å²) in [5.74, 6) is 0.938. The normalized spacial score (nSPS) is 14.2. The number of nitriles is 1. The van der Waals surface area contributed by atoms with E-state index >= 15 is 0 Å². The molecule has 1 aliphatic rings. The Bertz CT molecular complexity index is 934. The van der Waals surface area contributed by atoms with Crippen molar-refractivity contribution in [2.75, 3.05) is 44.8 Å². The average Bonchev–Trinajstić information content (AvgIpc) is 2.77. The Morgan fingerprint density at radius 1 is 1.17 bits per heavy atom. The second-order valence-electron chi connectivity index (χ2n) is 6.54. The standard InChI is InChI=1S/C20H19F3N4O3/c1-29-17-10-14(11-24)2-4-16(17)30-13-19(28)27-8-6-26(7-9-27)18-5-3-15(12-25-18)20(21,22)23/h2-5,10,12H,6-9,13H2,1H3. The fourth-order valence-corrected chi connectivity index (χ4v) is 3.01. The van der Waals surface area contributed by atoms with Crippen molar-refractivity contribution < 1.29 is 27.4 Å². The number of carbonyl (C=O) groups excluding carboxylic acids is 1. The largest absolute Gasteiger partial charge is 0.493 e. The lowest BCUT2D eigenvalue weighted by Gasteiger charge is -2.35. The van der Waals surface area contributed by atoms with Crippen LogP contribution in [0.3, 0.4) is 0 Å². The van der Waals surface area contributed by atoms with Gasteiger partial charge in [-0.3, -0.25) is 4.79 Å². The summed E-state index contributed by atoms with van der Waals surface area (Å²) in [6.07, 6.45) is -3.61. The lowest BCUT2D eigenvalue weighted by Crippen LogP contribution is -2.50. The number of amides is 1. The molecule has 0 saturated carbocycles. The number of ether oxygens (including phenoxy) is 2. The molecule has 158 valence electrons. The van der Waals surface area contributed by atoms with Crippen LogP contribution in [-0.4, -0.2) is 55.7 Å². The van der Waals surface area contributed by atoms with Gasteiger partial charge in [-0.05, 0) is 24.3 Å². The van der Waals surface area contributed by atoms with Gasteiger partial charge in [0.1, 0.15) is 5.82 Å². The minimum Gasteiger partial charge on any atom is -0.493 e. The first kappa shape index (κ1) is 21.2. The summed E-state index contributed by atoms with van der Waals surface area (Å²) in [7, 11) is 1.44. The molecule has 1 aromatic carbocycles. The van der Waals surface area contributed by atoms with E-state index in [-0.39, 0.29) is 12.5 Å². The molecule has 2 aromatic rings. The van der Waals surface area contributed by atoms with E-state index in [4.69, 9.17) is 14.7 Å². The summed E-state index contributed by atoms with van der Waals surface area (Å²) >= 11 is 0. The number of benzene rings is 1. The molecule has 10 heteroatoms. The number of methoxy groups -OCH3 is 1. The third kappa shape index (κ3) is 4.92. The average molecular weight is 420 g/mol. The van der Waals surface area contributed by atoms with Crippen LogP contribution < -0.4 is 14.4 Å². The SMILES string of the molecule is COc1cc(C#N)ccc1OCC(=O)N1CCN(c2ccc(C(F)(F)F)cn2)CC1. The first-order chi connectivity index (χ1) is 14.3. The van der Waals surface area contributed by atoms with Gasteiger partial charge in [-0.15, -0.1) is 0 Å². The van der Waals surface area contributed by atoms with Gasteiger partial charge in [0, 0.05) is 38.4 Å². The van der Waals surface area contributed by atoms with Crippen LogP contribution in [0, 0.1) is 11.3 Å². The Hall–Kier alpha value is -3.48. The number of halogens is 3. The number of nitrogens with zero attached hydrogens (tertiary/aromatic N) is 4. The molecule has 0 N–H and O–H groups in total. The lowest BCUT2D eigenvalue weighted by molar-refractivity contribution is -0.138. The van der Waals surface area contributed by atoms with Gasteiger partial charge in [0.15, 0.2) is 18.1 Å². The second kappa shape index (κ2) is 8.90. The van der Waals surface area contributed by atoms with E-state index < -0.39 is 11.7 Å². The predicted molar refractivity (Wildman–Crippen MR) is 101 cm³/mol. The Kier molecular flexibility index (Phi) is 6.30. The van der Waals surface area contributed by atoms with E-state index in [0.717, 1.165) is 12.3 Å². The van der Waals surface area contributed by atoms with Crippen LogP contribution in [0.15, 0.2) is 36.5 Å². The van der Waals surface area contributed by atoms with Crippen molar-refractivity contribution in [3.05, 3.63) is 47.7 Å². The third-order valence-corrected chi connectivity index (χ3v) is 4.68. The molecule has 0 radical (unpaired) electrons. The molecule has 2 heterocycles. The zero-order valence-corrected chi connectivity index (χ0v) is 16.1. The molecular formula is C20H19F3N4O3. The highest BCUT2D eigenvalue weighted by atomic mass is 19.4. The smallest absolute Gasteiger partial charge is 0.417 e. The van der Waals surface area contributed by atoms with Gasteiger partial charge in [-0.25, -0.2) is 4.98 Å². The minimum absolute atomic E-state index is 0.194. The predicted octanol–water partition coefficient (Wildman–Crippen LogP) is 2.71. The van der Waals surface area contributed by atoms with E-state index in [0.29, 0.717) is 49.1 Å². The molecule has 1 aromatic heterocycles. The van der Waals surface area contributed by atoms with E-state index in [1.54, 1.807) is 17.0 Å². The number of piperazine rings is 1. The second-order valence-corrected chi connectivity index (χ2v) is 6.54. The van der Waals surface area contributed by atoms with Crippen molar-refractivity contribution in [2.24, 2.45) is 0 Å². The molecule has 1 aliphatic heterocycles. The quantitative estimate of drug-likeness (QED) is 0.740. The molecule has 0 atom stereocenters. The number of anilines is 1. The Balaban J connectivity index is 1.53. The zero-order chi connectivity index (χ0) is 21.7. The van der Waals surface area contributed by atoms with Crippen molar-refractivity contribution >= 4 is 11.7 Å². The van der Waals surface area contributed by atoms with E-state index in [1.807, 2.05) is 11.0 Å². The minimum atomic E-state index is -4.42. The number of carbonyl (C=O) groups is 1. The molecular weight excluding hydrogens is 401 g/mol. The summed E-state index contributed by atoms with van der Waals surface area (Å²) in [6, 6.07) is 8.99. The third-order valence-electron chi connectivity index (χ3n) is 4.68. The Morgan fingerprint density at radius 2 is 1.90 bits per heavy atom. The summed E-state index contributed by atoms with van der Waals surface area (Å²) in [5.41, 5.74) is -0.381. The Morgan fingerprint density at radius 3 is 2.47 bits per heavy atom. The number of hydrogen-bond acceptors (Lipinski definition) is 6. The molecule has 3 rings (SSSR count). The topological polar surface area (TPSA) is 78.7 Å². The maximum Gasteiger partial charge on any atom is 0.417 e. The summed E-state index contributed by atoms with van der Waals surface area (Å²) in [5, 5.41) is 8.92. The van der Waals surface area contributed by atoms with Crippen molar-refractivity contribution in [1.29, 1.82) is 5.26 Å².